The molecule has 3 N–H and O–H groups in total. The summed E-state index contributed by atoms with van der Waals surface area (Å²) in [5, 5.41) is 3.04. The predicted octanol–water partition coefficient (Wildman–Crippen LogP) is 1.45. The van der Waals surface area contributed by atoms with E-state index in [1.807, 2.05) is 6.07 Å². The van der Waals surface area contributed by atoms with E-state index in [1.165, 1.54) is 11.1 Å². The monoisotopic (exact) mass is 232 g/mol. The van der Waals surface area contributed by atoms with Gasteiger partial charge in [-0.3, -0.25) is 4.79 Å². The highest BCUT2D eigenvalue weighted by molar-refractivity contribution is 5.79. The molecule has 0 heterocycles. The second-order valence-corrected chi connectivity index (χ2v) is 5.13. The van der Waals surface area contributed by atoms with E-state index in [-0.39, 0.29) is 11.4 Å². The molecule has 92 valence electrons. The van der Waals surface area contributed by atoms with Crippen LogP contribution in [0.15, 0.2) is 18.2 Å². The van der Waals surface area contributed by atoms with E-state index in [0.29, 0.717) is 13.0 Å². The largest absolute Gasteiger partial charge is 0.349 e. The first-order chi connectivity index (χ1) is 8.04. The number of benzene rings is 1. The summed E-state index contributed by atoms with van der Waals surface area (Å²) in [7, 11) is 0. The van der Waals surface area contributed by atoms with Crippen molar-refractivity contribution in [3.8, 4) is 0 Å². The Morgan fingerprint density at radius 3 is 2.59 bits per heavy atom. The first-order valence-electron chi connectivity index (χ1n) is 6.12. The van der Waals surface area contributed by atoms with Crippen LogP contribution in [0.4, 0.5) is 0 Å². The van der Waals surface area contributed by atoms with Gasteiger partial charge in [-0.1, -0.05) is 18.2 Å². The Bertz CT molecular complexity index is 436. The van der Waals surface area contributed by atoms with Crippen LogP contribution in [0.2, 0.25) is 0 Å². The molecule has 1 aromatic carbocycles. The molecule has 0 spiro atoms. The maximum absolute atomic E-state index is 11.9. The van der Waals surface area contributed by atoms with Crippen molar-refractivity contribution in [1.82, 2.24) is 5.32 Å². The summed E-state index contributed by atoms with van der Waals surface area (Å²) in [6.45, 7) is 4.69. The van der Waals surface area contributed by atoms with Crippen LogP contribution in [-0.2, 0) is 11.2 Å². The van der Waals surface area contributed by atoms with Gasteiger partial charge in [0.05, 0.1) is 12.0 Å². The number of carbonyl (C=O) groups excluding carboxylic acids is 1. The van der Waals surface area contributed by atoms with Crippen LogP contribution >= 0.6 is 0 Å². The van der Waals surface area contributed by atoms with E-state index in [2.05, 4.69) is 31.3 Å². The number of hydrogen-bond acceptors (Lipinski definition) is 2. The van der Waals surface area contributed by atoms with Crippen molar-refractivity contribution in [2.75, 3.05) is 6.54 Å². The predicted molar refractivity (Wildman–Crippen MR) is 68.8 cm³/mol. The van der Waals surface area contributed by atoms with E-state index in [9.17, 15) is 4.79 Å². The lowest BCUT2D eigenvalue weighted by molar-refractivity contribution is -0.121. The van der Waals surface area contributed by atoms with E-state index in [0.717, 1.165) is 18.4 Å². The Labute approximate surface area is 102 Å². The summed E-state index contributed by atoms with van der Waals surface area (Å²) in [6.07, 6.45) is 2.48. The molecule has 0 aliphatic heterocycles. The van der Waals surface area contributed by atoms with Crippen LogP contribution in [0, 0.1) is 13.8 Å². The van der Waals surface area contributed by atoms with Gasteiger partial charge in [-0.05, 0) is 43.4 Å². The quantitative estimate of drug-likeness (QED) is 0.825. The lowest BCUT2D eigenvalue weighted by Gasteiger charge is -2.15. The fraction of sp³-hybridized carbons (Fsp3) is 0.500. The van der Waals surface area contributed by atoms with Crippen LogP contribution in [0.5, 0.6) is 0 Å². The number of nitrogens with two attached hydrogens (primary N) is 1. The number of nitrogens with one attached hydrogen (secondary N) is 1. The minimum absolute atomic E-state index is 0.0798. The number of carbonyl (C=O) groups is 1. The molecule has 0 saturated heterocycles. The van der Waals surface area contributed by atoms with Crippen LogP contribution in [0.1, 0.15) is 29.5 Å². The van der Waals surface area contributed by atoms with E-state index >= 15 is 0 Å². The highest BCUT2D eigenvalue weighted by Gasteiger charge is 2.42. The lowest BCUT2D eigenvalue weighted by Crippen LogP contribution is -2.43. The van der Waals surface area contributed by atoms with Crippen molar-refractivity contribution in [3.05, 3.63) is 34.9 Å². The standard InChI is InChI=1S/C14H20N2O/c1-10-3-4-12(7-11(10)2)8-13(17)16-14(9-15)5-6-14/h3-4,7H,5-6,8-9,15H2,1-2H3,(H,16,17). The second kappa shape index (κ2) is 4.49. The summed E-state index contributed by atoms with van der Waals surface area (Å²) in [5.74, 6) is 0.0798. The molecular weight excluding hydrogens is 212 g/mol. The molecule has 2 rings (SSSR count). The zero-order chi connectivity index (χ0) is 12.5. The van der Waals surface area contributed by atoms with Gasteiger partial charge < -0.3 is 11.1 Å². The minimum atomic E-state index is -0.0865. The summed E-state index contributed by atoms with van der Waals surface area (Å²) < 4.78 is 0. The van der Waals surface area contributed by atoms with E-state index < -0.39 is 0 Å². The Hall–Kier alpha value is -1.35. The molecule has 0 bridgehead atoms. The van der Waals surface area contributed by atoms with Gasteiger partial charge in [0.15, 0.2) is 0 Å². The second-order valence-electron chi connectivity index (χ2n) is 5.13. The average Bonchev–Trinajstić information content (AvgIpc) is 3.04. The van der Waals surface area contributed by atoms with Gasteiger partial charge in [-0.2, -0.15) is 0 Å². The molecule has 1 aromatic rings. The molecule has 1 aliphatic rings. The van der Waals surface area contributed by atoms with Gasteiger partial charge in [0.2, 0.25) is 5.91 Å². The van der Waals surface area contributed by atoms with Crippen molar-refractivity contribution >= 4 is 5.91 Å². The highest BCUT2D eigenvalue weighted by Crippen LogP contribution is 2.33. The third-order valence-corrected chi connectivity index (χ3v) is 3.58. The Morgan fingerprint density at radius 1 is 1.35 bits per heavy atom. The lowest BCUT2D eigenvalue weighted by atomic mass is 10.0. The SMILES string of the molecule is Cc1ccc(CC(=O)NC2(CN)CC2)cc1C. The molecule has 17 heavy (non-hydrogen) atoms. The number of aryl methyl sites for hydroxylation is 2. The van der Waals surface area contributed by atoms with Crippen molar-refractivity contribution in [2.24, 2.45) is 5.73 Å². The van der Waals surface area contributed by atoms with Crippen LogP contribution in [0.3, 0.4) is 0 Å². The van der Waals surface area contributed by atoms with Crippen LogP contribution < -0.4 is 11.1 Å². The molecule has 3 nitrogen and oxygen atoms in total. The summed E-state index contributed by atoms with van der Waals surface area (Å²) >= 11 is 0. The van der Waals surface area contributed by atoms with Gasteiger partial charge in [0, 0.05) is 6.54 Å². The summed E-state index contributed by atoms with van der Waals surface area (Å²) in [6, 6.07) is 6.16. The molecule has 0 aromatic heterocycles. The zero-order valence-corrected chi connectivity index (χ0v) is 10.5. The summed E-state index contributed by atoms with van der Waals surface area (Å²) in [4.78, 5) is 11.9. The number of amides is 1. The van der Waals surface area contributed by atoms with E-state index in [4.69, 9.17) is 5.73 Å². The first-order valence-corrected chi connectivity index (χ1v) is 6.12. The molecule has 1 aliphatic carbocycles. The smallest absolute Gasteiger partial charge is 0.224 e. The fourth-order valence-electron chi connectivity index (χ4n) is 1.97. The van der Waals surface area contributed by atoms with Gasteiger partial charge >= 0.3 is 0 Å². The van der Waals surface area contributed by atoms with Crippen molar-refractivity contribution in [3.63, 3.8) is 0 Å². The van der Waals surface area contributed by atoms with E-state index in [1.54, 1.807) is 0 Å². The number of hydrogen-bond donors (Lipinski definition) is 2. The molecule has 1 amide bonds. The van der Waals surface area contributed by atoms with Gasteiger partial charge in [0.25, 0.3) is 0 Å². The molecule has 1 fully saturated rings. The average molecular weight is 232 g/mol. The van der Waals surface area contributed by atoms with Crippen LogP contribution in [-0.4, -0.2) is 18.0 Å². The fourth-order valence-corrected chi connectivity index (χ4v) is 1.97. The van der Waals surface area contributed by atoms with Crippen LogP contribution in [0.25, 0.3) is 0 Å². The van der Waals surface area contributed by atoms with Gasteiger partial charge in [0.1, 0.15) is 0 Å². The maximum atomic E-state index is 11.9. The highest BCUT2D eigenvalue weighted by atomic mass is 16.1. The third-order valence-electron chi connectivity index (χ3n) is 3.58. The molecular formula is C14H20N2O. The van der Waals surface area contributed by atoms with Crippen molar-refractivity contribution < 1.29 is 4.79 Å². The molecule has 3 heteroatoms. The Kier molecular flexibility index (Phi) is 3.20. The first kappa shape index (κ1) is 12.1. The number of rotatable bonds is 4. The van der Waals surface area contributed by atoms with Gasteiger partial charge in [-0.15, -0.1) is 0 Å². The topological polar surface area (TPSA) is 55.1 Å². The normalized spacial score (nSPS) is 16.6. The van der Waals surface area contributed by atoms with Gasteiger partial charge in [-0.25, -0.2) is 0 Å². The third kappa shape index (κ3) is 2.86. The maximum Gasteiger partial charge on any atom is 0.224 e. The molecule has 1 saturated carbocycles. The Morgan fingerprint density at radius 2 is 2.06 bits per heavy atom. The summed E-state index contributed by atoms with van der Waals surface area (Å²) in [5.41, 5.74) is 9.11. The Balaban J connectivity index is 1.96. The minimum Gasteiger partial charge on any atom is -0.349 e. The van der Waals surface area contributed by atoms with Crippen molar-refractivity contribution in [2.45, 2.75) is 38.6 Å². The zero-order valence-electron chi connectivity index (χ0n) is 10.5. The molecule has 0 unspecified atom stereocenters. The molecule has 0 radical (unpaired) electrons. The van der Waals surface area contributed by atoms with Crippen molar-refractivity contribution in [1.29, 1.82) is 0 Å². The molecule has 0 atom stereocenters.